The number of nitrogens with zero attached hydrogens (tertiary/aromatic N) is 2. The number of primary amides is 1. The van der Waals surface area contributed by atoms with Gasteiger partial charge < -0.3 is 22.1 Å². The third-order valence-corrected chi connectivity index (χ3v) is 5.90. The molecule has 3 aromatic heterocycles. The second-order valence-electron chi connectivity index (χ2n) is 7.03. The standard InChI is InChI=1S/C19H20F2N6OS/c20-19(21)7-1-4-12(22)15(19)26-14-6-5-11(16(23)28)17(27-14)25-13-9-29-18-10(13)3-2-8-24-18/h2-3,5-6,8-9,12,15H,1,4,7,22H2,(H2,23,28)(H2,25,26,27). The van der Waals surface area contributed by atoms with E-state index < -0.39 is 23.9 Å². The second-order valence-corrected chi connectivity index (χ2v) is 7.88. The summed E-state index contributed by atoms with van der Waals surface area (Å²) in [5, 5.41) is 8.54. The molecule has 0 aliphatic heterocycles. The molecule has 0 radical (unpaired) electrons. The Morgan fingerprint density at radius 2 is 2.14 bits per heavy atom. The van der Waals surface area contributed by atoms with Gasteiger partial charge in [-0.05, 0) is 37.1 Å². The van der Waals surface area contributed by atoms with Crippen molar-refractivity contribution in [2.75, 3.05) is 10.6 Å². The number of anilines is 3. The van der Waals surface area contributed by atoms with Crippen LogP contribution in [0.4, 0.5) is 26.1 Å². The number of aromatic nitrogens is 2. The van der Waals surface area contributed by atoms with Crippen LogP contribution in [-0.2, 0) is 0 Å². The zero-order valence-electron chi connectivity index (χ0n) is 15.4. The Bertz CT molecular complexity index is 1060. The number of nitrogens with two attached hydrogens (primary N) is 2. The minimum Gasteiger partial charge on any atom is -0.365 e. The third kappa shape index (κ3) is 3.85. The van der Waals surface area contributed by atoms with Crippen LogP contribution in [0.3, 0.4) is 0 Å². The molecule has 2 unspecified atom stereocenters. The highest BCUT2D eigenvalue weighted by atomic mass is 32.1. The maximum absolute atomic E-state index is 14.3. The average Bonchev–Trinajstić information content (AvgIpc) is 3.08. The minimum atomic E-state index is -2.94. The molecule has 1 aliphatic carbocycles. The van der Waals surface area contributed by atoms with Gasteiger partial charge in [0.1, 0.15) is 22.5 Å². The van der Waals surface area contributed by atoms with Crippen molar-refractivity contribution in [2.45, 2.75) is 37.3 Å². The highest BCUT2D eigenvalue weighted by Crippen LogP contribution is 2.35. The van der Waals surface area contributed by atoms with Gasteiger partial charge in [0, 0.05) is 29.4 Å². The van der Waals surface area contributed by atoms with Crippen LogP contribution in [0.25, 0.3) is 10.2 Å². The van der Waals surface area contributed by atoms with Gasteiger partial charge >= 0.3 is 0 Å². The van der Waals surface area contributed by atoms with Crippen LogP contribution < -0.4 is 22.1 Å². The van der Waals surface area contributed by atoms with E-state index in [-0.39, 0.29) is 23.6 Å². The molecule has 3 heterocycles. The molecule has 1 saturated carbocycles. The number of amides is 1. The first-order chi connectivity index (χ1) is 13.8. The van der Waals surface area contributed by atoms with Crippen molar-refractivity contribution < 1.29 is 13.6 Å². The number of carbonyl (C=O) groups excluding carboxylic acids is 1. The number of hydrogen-bond acceptors (Lipinski definition) is 7. The van der Waals surface area contributed by atoms with E-state index in [1.807, 2.05) is 11.4 Å². The molecule has 29 heavy (non-hydrogen) atoms. The lowest BCUT2D eigenvalue weighted by Crippen LogP contribution is -2.55. The zero-order chi connectivity index (χ0) is 20.6. The molecule has 4 rings (SSSR count). The molecule has 3 aromatic rings. The summed E-state index contributed by atoms with van der Waals surface area (Å²) in [6, 6.07) is 4.67. The van der Waals surface area contributed by atoms with Crippen LogP contribution in [0, 0.1) is 0 Å². The molecule has 0 spiro atoms. The number of nitrogens with one attached hydrogen (secondary N) is 2. The van der Waals surface area contributed by atoms with E-state index >= 15 is 0 Å². The van der Waals surface area contributed by atoms with Gasteiger partial charge in [0.05, 0.1) is 11.3 Å². The van der Waals surface area contributed by atoms with Crippen molar-refractivity contribution in [3.63, 3.8) is 0 Å². The molecule has 1 amide bonds. The van der Waals surface area contributed by atoms with E-state index in [0.29, 0.717) is 18.5 Å². The van der Waals surface area contributed by atoms with Gasteiger partial charge in [-0.1, -0.05) is 0 Å². The van der Waals surface area contributed by atoms with Crippen LogP contribution >= 0.6 is 11.3 Å². The summed E-state index contributed by atoms with van der Waals surface area (Å²) in [7, 11) is 0. The number of alkyl halides is 2. The molecule has 10 heteroatoms. The van der Waals surface area contributed by atoms with Crippen molar-refractivity contribution >= 4 is 44.8 Å². The first-order valence-corrected chi connectivity index (χ1v) is 10.0. The molecule has 0 saturated heterocycles. The molecule has 7 nitrogen and oxygen atoms in total. The zero-order valence-corrected chi connectivity index (χ0v) is 16.2. The fraction of sp³-hybridized carbons (Fsp3) is 0.316. The molecule has 1 fully saturated rings. The second kappa shape index (κ2) is 7.53. The number of rotatable bonds is 5. The van der Waals surface area contributed by atoms with Crippen LogP contribution in [-0.4, -0.2) is 33.9 Å². The maximum atomic E-state index is 14.3. The Kier molecular flexibility index (Phi) is 5.05. The quantitative estimate of drug-likeness (QED) is 0.504. The van der Waals surface area contributed by atoms with Crippen molar-refractivity contribution in [3.05, 3.63) is 41.4 Å². The van der Waals surface area contributed by atoms with Gasteiger partial charge in [0.2, 0.25) is 0 Å². The highest BCUT2D eigenvalue weighted by Gasteiger charge is 2.46. The fourth-order valence-corrected chi connectivity index (χ4v) is 4.35. The predicted octanol–water partition coefficient (Wildman–Crippen LogP) is 3.46. The van der Waals surface area contributed by atoms with E-state index in [0.717, 1.165) is 10.2 Å². The summed E-state index contributed by atoms with van der Waals surface area (Å²) in [4.78, 5) is 21.3. The highest BCUT2D eigenvalue weighted by molar-refractivity contribution is 7.17. The SMILES string of the molecule is NC(=O)c1ccc(NC2C(N)CCCC2(F)F)nc1Nc1csc2ncccc12. The normalized spacial score (nSPS) is 21.1. The monoisotopic (exact) mass is 418 g/mol. The Labute approximate surface area is 169 Å². The molecular weight excluding hydrogens is 398 g/mol. The van der Waals surface area contributed by atoms with Crippen molar-refractivity contribution in [3.8, 4) is 0 Å². The van der Waals surface area contributed by atoms with Crippen molar-refractivity contribution in [1.82, 2.24) is 9.97 Å². The van der Waals surface area contributed by atoms with E-state index in [1.165, 1.54) is 23.5 Å². The first kappa shape index (κ1) is 19.5. The van der Waals surface area contributed by atoms with Crippen molar-refractivity contribution in [1.29, 1.82) is 0 Å². The Hall–Kier alpha value is -2.85. The van der Waals surface area contributed by atoms with E-state index in [1.54, 1.807) is 12.3 Å². The molecular formula is C19H20F2N6OS. The number of pyridine rings is 2. The molecule has 0 bridgehead atoms. The van der Waals surface area contributed by atoms with Gasteiger partial charge in [-0.2, -0.15) is 0 Å². The Morgan fingerprint density at radius 3 is 2.90 bits per heavy atom. The first-order valence-electron chi connectivity index (χ1n) is 9.15. The summed E-state index contributed by atoms with van der Waals surface area (Å²) in [5.74, 6) is -3.25. The number of thiophene rings is 1. The Morgan fingerprint density at radius 1 is 1.31 bits per heavy atom. The topological polar surface area (TPSA) is 119 Å². The molecule has 2 atom stereocenters. The van der Waals surface area contributed by atoms with E-state index in [2.05, 4.69) is 20.6 Å². The molecule has 0 aromatic carbocycles. The number of halogens is 2. The van der Waals surface area contributed by atoms with E-state index in [4.69, 9.17) is 11.5 Å². The summed E-state index contributed by atoms with van der Waals surface area (Å²) >= 11 is 1.43. The summed E-state index contributed by atoms with van der Waals surface area (Å²) in [6.07, 6.45) is 2.35. The lowest BCUT2D eigenvalue weighted by molar-refractivity contribution is -0.0511. The van der Waals surface area contributed by atoms with Gasteiger partial charge in [-0.25, -0.2) is 18.7 Å². The summed E-state index contributed by atoms with van der Waals surface area (Å²) < 4.78 is 28.7. The van der Waals surface area contributed by atoms with Gasteiger partial charge in [0.15, 0.2) is 0 Å². The smallest absolute Gasteiger partial charge is 0.269 e. The molecule has 152 valence electrons. The number of carbonyl (C=O) groups is 1. The van der Waals surface area contributed by atoms with Crippen LogP contribution in [0.1, 0.15) is 29.6 Å². The van der Waals surface area contributed by atoms with Gasteiger partial charge in [0.25, 0.3) is 11.8 Å². The third-order valence-electron chi connectivity index (χ3n) is 5.00. The maximum Gasteiger partial charge on any atom is 0.269 e. The predicted molar refractivity (Wildman–Crippen MR) is 110 cm³/mol. The molecule has 1 aliphatic rings. The number of fused-ring (bicyclic) bond motifs is 1. The summed E-state index contributed by atoms with van der Waals surface area (Å²) in [5.41, 5.74) is 12.2. The number of hydrogen-bond donors (Lipinski definition) is 4. The fourth-order valence-electron chi connectivity index (χ4n) is 3.51. The summed E-state index contributed by atoms with van der Waals surface area (Å²) in [6.45, 7) is 0. The lowest BCUT2D eigenvalue weighted by atomic mass is 9.87. The van der Waals surface area contributed by atoms with Crippen molar-refractivity contribution in [2.24, 2.45) is 11.5 Å². The lowest BCUT2D eigenvalue weighted by Gasteiger charge is -2.36. The van der Waals surface area contributed by atoms with Crippen LogP contribution in [0.5, 0.6) is 0 Å². The van der Waals surface area contributed by atoms with E-state index in [9.17, 15) is 13.6 Å². The van der Waals surface area contributed by atoms with Gasteiger partial charge in [-0.15, -0.1) is 11.3 Å². The van der Waals surface area contributed by atoms with Gasteiger partial charge in [-0.3, -0.25) is 4.79 Å². The van der Waals surface area contributed by atoms with Crippen LogP contribution in [0.15, 0.2) is 35.8 Å². The van der Waals surface area contributed by atoms with Crippen LogP contribution in [0.2, 0.25) is 0 Å². The Balaban J connectivity index is 1.67. The molecule has 6 N–H and O–H groups in total. The average molecular weight is 418 g/mol. The minimum absolute atomic E-state index is 0.151. The largest absolute Gasteiger partial charge is 0.365 e.